The Balaban J connectivity index is 1.68. The summed E-state index contributed by atoms with van der Waals surface area (Å²) >= 11 is 0. The van der Waals surface area contributed by atoms with Crippen LogP contribution in [0.5, 0.6) is 5.75 Å². The number of carbonyl (C=O) groups is 2. The summed E-state index contributed by atoms with van der Waals surface area (Å²) < 4.78 is 10.8. The lowest BCUT2D eigenvalue weighted by Gasteiger charge is -2.36. The number of morpholine rings is 1. The molecule has 8 heteroatoms. The lowest BCUT2D eigenvalue weighted by Crippen LogP contribution is -2.50. The molecule has 1 aliphatic rings. The summed E-state index contributed by atoms with van der Waals surface area (Å²) in [4.78, 5) is 25.9. The Bertz CT molecular complexity index is 874. The van der Waals surface area contributed by atoms with E-state index in [0.717, 1.165) is 5.56 Å². The lowest BCUT2D eigenvalue weighted by atomic mass is 10.0. The van der Waals surface area contributed by atoms with Gasteiger partial charge in [0.15, 0.2) is 0 Å². The number of ether oxygens (including phenoxy) is 2. The maximum absolute atomic E-state index is 12.9. The van der Waals surface area contributed by atoms with Crippen molar-refractivity contribution in [2.45, 2.75) is 25.5 Å². The molecule has 2 aromatic carbocycles. The van der Waals surface area contributed by atoms with Gasteiger partial charge in [0.05, 0.1) is 38.2 Å². The van der Waals surface area contributed by atoms with Crippen molar-refractivity contribution in [3.8, 4) is 5.75 Å². The third kappa shape index (κ3) is 5.49. The number of nitrogens with zero attached hydrogens (tertiary/aromatic N) is 1. The van der Waals surface area contributed by atoms with Crippen LogP contribution in [0, 0.1) is 0 Å². The van der Waals surface area contributed by atoms with Gasteiger partial charge in [-0.2, -0.15) is 0 Å². The molecule has 1 fully saturated rings. The van der Waals surface area contributed by atoms with Crippen LogP contribution in [0.25, 0.3) is 0 Å². The second-order valence-electron chi connectivity index (χ2n) is 7.11. The summed E-state index contributed by atoms with van der Waals surface area (Å²) in [5.41, 5.74) is 1.87. The molecule has 2 atom stereocenters. The van der Waals surface area contributed by atoms with E-state index in [1.54, 1.807) is 23.1 Å². The Morgan fingerprint density at radius 3 is 2.70 bits per heavy atom. The molecule has 1 saturated heterocycles. The molecule has 0 bridgehead atoms. The summed E-state index contributed by atoms with van der Waals surface area (Å²) in [6.45, 7) is 2.65. The Morgan fingerprint density at radius 2 is 2.00 bits per heavy atom. The molecule has 0 aliphatic carbocycles. The van der Waals surface area contributed by atoms with Crippen LogP contribution in [0.3, 0.4) is 0 Å². The quantitative estimate of drug-likeness (QED) is 0.676. The van der Waals surface area contributed by atoms with Crippen molar-refractivity contribution >= 4 is 23.3 Å². The first kappa shape index (κ1) is 21.6. The first-order valence-electron chi connectivity index (χ1n) is 9.82. The van der Waals surface area contributed by atoms with Gasteiger partial charge in [-0.15, -0.1) is 0 Å². The standard InChI is InChI=1S/C22H27N3O5/c1-15(26)23-19-9-8-17(12-21(19)29-2)24-22(28)25-10-11-30-14-18(25)13-20(27)16-6-4-3-5-7-16/h3-9,12,18,20,27H,10-11,13-14H2,1-2H3,(H,23,26)(H,24,28)/t18-,20-/m1/s1. The second-order valence-corrected chi connectivity index (χ2v) is 7.11. The van der Waals surface area contributed by atoms with Crippen LogP contribution >= 0.6 is 0 Å². The molecule has 0 saturated carbocycles. The highest BCUT2D eigenvalue weighted by atomic mass is 16.5. The van der Waals surface area contributed by atoms with Gasteiger partial charge in [0, 0.05) is 31.6 Å². The van der Waals surface area contributed by atoms with Crippen molar-refractivity contribution in [3.05, 3.63) is 54.1 Å². The second kappa shape index (κ2) is 10.1. The van der Waals surface area contributed by atoms with Gasteiger partial charge < -0.3 is 30.1 Å². The maximum Gasteiger partial charge on any atom is 0.322 e. The van der Waals surface area contributed by atoms with Crippen LogP contribution in [0.2, 0.25) is 0 Å². The molecule has 0 aromatic heterocycles. The summed E-state index contributed by atoms with van der Waals surface area (Å²) in [5, 5.41) is 16.1. The fourth-order valence-electron chi connectivity index (χ4n) is 3.44. The number of urea groups is 1. The highest BCUT2D eigenvalue weighted by Crippen LogP contribution is 2.29. The van der Waals surface area contributed by atoms with E-state index in [-0.39, 0.29) is 18.0 Å². The van der Waals surface area contributed by atoms with E-state index in [9.17, 15) is 14.7 Å². The first-order chi connectivity index (χ1) is 14.5. The molecule has 3 amide bonds. The van der Waals surface area contributed by atoms with E-state index in [1.165, 1.54) is 14.0 Å². The van der Waals surface area contributed by atoms with Gasteiger partial charge in [0.2, 0.25) is 5.91 Å². The lowest BCUT2D eigenvalue weighted by molar-refractivity contribution is -0.114. The summed E-state index contributed by atoms with van der Waals surface area (Å²) in [7, 11) is 1.50. The molecule has 3 N–H and O–H groups in total. The van der Waals surface area contributed by atoms with Crippen molar-refractivity contribution in [2.75, 3.05) is 37.5 Å². The predicted octanol–water partition coefficient (Wildman–Crippen LogP) is 3.01. The molecule has 0 radical (unpaired) electrons. The van der Waals surface area contributed by atoms with Crippen LogP contribution in [0.1, 0.15) is 25.0 Å². The molecular formula is C22H27N3O5. The van der Waals surface area contributed by atoms with Gasteiger partial charge in [0.1, 0.15) is 5.75 Å². The predicted molar refractivity (Wildman–Crippen MR) is 114 cm³/mol. The number of benzene rings is 2. The molecule has 0 spiro atoms. The summed E-state index contributed by atoms with van der Waals surface area (Å²) in [6, 6.07) is 13.8. The number of rotatable bonds is 6. The van der Waals surface area contributed by atoms with Gasteiger partial charge in [-0.1, -0.05) is 30.3 Å². The number of methoxy groups -OCH3 is 1. The minimum atomic E-state index is -0.690. The molecule has 160 valence electrons. The number of hydrogen-bond donors (Lipinski definition) is 3. The number of amides is 3. The Hall–Kier alpha value is -3.10. The number of aliphatic hydroxyl groups is 1. The Kier molecular flexibility index (Phi) is 7.26. The van der Waals surface area contributed by atoms with Crippen LogP contribution in [-0.4, -0.2) is 54.9 Å². The molecule has 1 aliphatic heterocycles. The van der Waals surface area contributed by atoms with Crippen molar-refractivity contribution in [2.24, 2.45) is 0 Å². The number of hydrogen-bond acceptors (Lipinski definition) is 5. The monoisotopic (exact) mass is 413 g/mol. The molecule has 2 aromatic rings. The molecule has 1 heterocycles. The van der Waals surface area contributed by atoms with E-state index in [2.05, 4.69) is 10.6 Å². The van der Waals surface area contributed by atoms with Crippen LogP contribution in [-0.2, 0) is 9.53 Å². The van der Waals surface area contributed by atoms with Crippen molar-refractivity contribution in [3.63, 3.8) is 0 Å². The minimum absolute atomic E-state index is 0.210. The molecule has 0 unspecified atom stereocenters. The van der Waals surface area contributed by atoms with Crippen LogP contribution in [0.4, 0.5) is 16.2 Å². The van der Waals surface area contributed by atoms with E-state index >= 15 is 0 Å². The fourth-order valence-corrected chi connectivity index (χ4v) is 3.44. The first-order valence-corrected chi connectivity index (χ1v) is 9.82. The number of carbonyl (C=O) groups excluding carboxylic acids is 2. The van der Waals surface area contributed by atoms with Crippen LogP contribution in [0.15, 0.2) is 48.5 Å². The third-order valence-electron chi connectivity index (χ3n) is 4.93. The molecule has 30 heavy (non-hydrogen) atoms. The average molecular weight is 413 g/mol. The zero-order valence-corrected chi connectivity index (χ0v) is 17.1. The third-order valence-corrected chi connectivity index (χ3v) is 4.93. The zero-order valence-electron chi connectivity index (χ0n) is 17.1. The van der Waals surface area contributed by atoms with Crippen molar-refractivity contribution < 1.29 is 24.2 Å². The topological polar surface area (TPSA) is 100 Å². The highest BCUT2D eigenvalue weighted by molar-refractivity contribution is 5.93. The normalized spacial score (nSPS) is 17.2. The fraction of sp³-hybridized carbons (Fsp3) is 0.364. The van der Waals surface area contributed by atoms with Crippen LogP contribution < -0.4 is 15.4 Å². The SMILES string of the molecule is COc1cc(NC(=O)N2CCOC[C@H]2C[C@@H](O)c2ccccc2)ccc1NC(C)=O. The van der Waals surface area contributed by atoms with E-state index in [1.807, 2.05) is 30.3 Å². The van der Waals surface area contributed by atoms with E-state index in [0.29, 0.717) is 43.3 Å². The minimum Gasteiger partial charge on any atom is -0.494 e. The van der Waals surface area contributed by atoms with Crippen molar-refractivity contribution in [1.82, 2.24) is 4.90 Å². The van der Waals surface area contributed by atoms with Gasteiger partial charge >= 0.3 is 6.03 Å². The molecular weight excluding hydrogens is 386 g/mol. The van der Waals surface area contributed by atoms with Crippen molar-refractivity contribution in [1.29, 1.82) is 0 Å². The van der Waals surface area contributed by atoms with Gasteiger partial charge in [-0.3, -0.25) is 4.79 Å². The van der Waals surface area contributed by atoms with E-state index < -0.39 is 6.10 Å². The molecule has 3 rings (SSSR count). The summed E-state index contributed by atoms with van der Waals surface area (Å²) in [5.74, 6) is 0.235. The molecule has 8 nitrogen and oxygen atoms in total. The maximum atomic E-state index is 12.9. The number of anilines is 2. The van der Waals surface area contributed by atoms with Gasteiger partial charge in [-0.25, -0.2) is 4.79 Å². The largest absolute Gasteiger partial charge is 0.494 e. The van der Waals surface area contributed by atoms with Gasteiger partial charge in [0.25, 0.3) is 0 Å². The van der Waals surface area contributed by atoms with E-state index in [4.69, 9.17) is 9.47 Å². The zero-order chi connectivity index (χ0) is 21.5. The average Bonchev–Trinajstić information content (AvgIpc) is 2.75. The highest BCUT2D eigenvalue weighted by Gasteiger charge is 2.29. The number of aliphatic hydroxyl groups excluding tert-OH is 1. The smallest absolute Gasteiger partial charge is 0.322 e. The summed E-state index contributed by atoms with van der Waals surface area (Å²) in [6.07, 6.45) is -0.312. The Labute approximate surface area is 175 Å². The number of nitrogens with one attached hydrogen (secondary N) is 2. The van der Waals surface area contributed by atoms with Gasteiger partial charge in [-0.05, 0) is 17.7 Å². The Morgan fingerprint density at radius 1 is 1.23 bits per heavy atom.